The molecule has 0 aliphatic rings. The number of amides is 1. The molecule has 0 radical (unpaired) electrons. The third kappa shape index (κ3) is 4.14. The van der Waals surface area contributed by atoms with Crippen molar-refractivity contribution in [3.05, 3.63) is 59.6 Å². The fourth-order valence-corrected chi connectivity index (χ4v) is 2.09. The minimum atomic E-state index is -0.501. The van der Waals surface area contributed by atoms with Crippen molar-refractivity contribution in [2.75, 3.05) is 13.6 Å². The summed E-state index contributed by atoms with van der Waals surface area (Å²) in [6.07, 6.45) is 1.53. The largest absolute Gasteiger partial charge is 0.467 e. The van der Waals surface area contributed by atoms with E-state index in [1.807, 2.05) is 0 Å². The molecular formula is C16H18F2N2O2. The maximum atomic E-state index is 13.7. The molecule has 1 amide bonds. The second-order valence-corrected chi connectivity index (χ2v) is 5.11. The van der Waals surface area contributed by atoms with Crippen LogP contribution in [0.4, 0.5) is 8.78 Å². The Balaban J connectivity index is 1.91. The average molecular weight is 308 g/mol. The van der Waals surface area contributed by atoms with Crippen LogP contribution in [0.5, 0.6) is 0 Å². The Morgan fingerprint density at radius 1 is 1.36 bits per heavy atom. The van der Waals surface area contributed by atoms with Crippen LogP contribution >= 0.6 is 0 Å². The molecule has 118 valence electrons. The maximum Gasteiger partial charge on any atom is 0.234 e. The summed E-state index contributed by atoms with van der Waals surface area (Å²) in [5.41, 5.74) is 0.223. The topological polar surface area (TPSA) is 45.5 Å². The molecule has 6 heteroatoms. The van der Waals surface area contributed by atoms with Crippen LogP contribution in [0.25, 0.3) is 0 Å². The summed E-state index contributed by atoms with van der Waals surface area (Å²) in [5, 5.41) is 2.71. The van der Waals surface area contributed by atoms with Gasteiger partial charge in [-0.05, 0) is 44.3 Å². The third-order valence-corrected chi connectivity index (χ3v) is 3.50. The Bertz CT molecular complexity index is 629. The summed E-state index contributed by atoms with van der Waals surface area (Å²) in [7, 11) is 1.68. The molecule has 0 fully saturated rings. The zero-order valence-corrected chi connectivity index (χ0v) is 12.5. The lowest BCUT2D eigenvalue weighted by atomic mass is 10.1. The fraction of sp³-hybridized carbons (Fsp3) is 0.312. The van der Waals surface area contributed by atoms with Crippen LogP contribution in [0, 0.1) is 11.6 Å². The lowest BCUT2D eigenvalue weighted by Crippen LogP contribution is -2.36. The average Bonchev–Trinajstić information content (AvgIpc) is 3.00. The maximum absolute atomic E-state index is 13.7. The molecule has 1 aromatic heterocycles. The zero-order valence-electron chi connectivity index (χ0n) is 12.5. The number of carbonyl (C=O) groups excluding carboxylic acids is 1. The summed E-state index contributed by atoms with van der Waals surface area (Å²) < 4.78 is 32.1. The van der Waals surface area contributed by atoms with Crippen molar-refractivity contribution in [3.8, 4) is 0 Å². The van der Waals surface area contributed by atoms with Crippen LogP contribution < -0.4 is 5.32 Å². The predicted octanol–water partition coefficient (Wildman–Crippen LogP) is 2.87. The van der Waals surface area contributed by atoms with E-state index in [4.69, 9.17) is 4.42 Å². The SMILES string of the molecule is CC(c1cc(F)ccc1F)N(C)CC(=O)NCc1ccco1. The molecule has 1 aromatic carbocycles. The monoisotopic (exact) mass is 308 g/mol. The van der Waals surface area contributed by atoms with Gasteiger partial charge in [0.1, 0.15) is 17.4 Å². The molecule has 1 heterocycles. The minimum absolute atomic E-state index is 0.0673. The van der Waals surface area contributed by atoms with Gasteiger partial charge >= 0.3 is 0 Å². The van der Waals surface area contributed by atoms with Gasteiger partial charge in [-0.25, -0.2) is 8.78 Å². The number of rotatable bonds is 6. The summed E-state index contributed by atoms with van der Waals surface area (Å²) in [4.78, 5) is 13.5. The molecule has 0 saturated carbocycles. The first-order valence-electron chi connectivity index (χ1n) is 6.91. The zero-order chi connectivity index (χ0) is 16.1. The van der Waals surface area contributed by atoms with Crippen LogP contribution in [0.15, 0.2) is 41.0 Å². The number of hydrogen-bond acceptors (Lipinski definition) is 3. The highest BCUT2D eigenvalue weighted by Gasteiger charge is 2.18. The normalized spacial score (nSPS) is 12.4. The molecule has 2 rings (SSSR count). The summed E-state index contributed by atoms with van der Waals surface area (Å²) in [6, 6.07) is 6.38. The van der Waals surface area contributed by atoms with Gasteiger partial charge in [0.25, 0.3) is 0 Å². The number of halogens is 2. The molecule has 0 aliphatic heterocycles. The number of hydrogen-bond donors (Lipinski definition) is 1. The first-order chi connectivity index (χ1) is 10.5. The second kappa shape index (κ2) is 7.17. The Morgan fingerprint density at radius 2 is 2.14 bits per heavy atom. The minimum Gasteiger partial charge on any atom is -0.467 e. The molecule has 0 aliphatic carbocycles. The van der Waals surface area contributed by atoms with Gasteiger partial charge in [-0.15, -0.1) is 0 Å². The molecule has 1 N–H and O–H groups in total. The smallest absolute Gasteiger partial charge is 0.234 e. The van der Waals surface area contributed by atoms with Crippen LogP contribution in [-0.4, -0.2) is 24.4 Å². The number of nitrogens with one attached hydrogen (secondary N) is 1. The van der Waals surface area contributed by atoms with Crippen molar-refractivity contribution in [2.45, 2.75) is 19.5 Å². The number of furan rings is 1. The molecule has 2 aromatic rings. The van der Waals surface area contributed by atoms with Crippen molar-refractivity contribution in [1.82, 2.24) is 10.2 Å². The highest BCUT2D eigenvalue weighted by atomic mass is 19.1. The van der Waals surface area contributed by atoms with E-state index in [2.05, 4.69) is 5.32 Å². The Kier molecular flexibility index (Phi) is 5.27. The van der Waals surface area contributed by atoms with Crippen LogP contribution in [0.2, 0.25) is 0 Å². The molecular weight excluding hydrogens is 290 g/mol. The number of carbonyl (C=O) groups is 1. The Morgan fingerprint density at radius 3 is 2.82 bits per heavy atom. The van der Waals surface area contributed by atoms with Gasteiger partial charge < -0.3 is 9.73 Å². The van der Waals surface area contributed by atoms with E-state index in [0.717, 1.165) is 18.2 Å². The summed E-state index contributed by atoms with van der Waals surface area (Å²) in [6.45, 7) is 2.08. The Labute approximate surface area is 127 Å². The number of benzene rings is 1. The van der Waals surface area contributed by atoms with E-state index < -0.39 is 17.7 Å². The van der Waals surface area contributed by atoms with Crippen LogP contribution in [0.3, 0.4) is 0 Å². The molecule has 22 heavy (non-hydrogen) atoms. The van der Waals surface area contributed by atoms with Gasteiger partial charge in [0.2, 0.25) is 5.91 Å². The van der Waals surface area contributed by atoms with E-state index in [1.54, 1.807) is 31.0 Å². The van der Waals surface area contributed by atoms with Gasteiger partial charge in [-0.3, -0.25) is 9.69 Å². The van der Waals surface area contributed by atoms with Crippen molar-refractivity contribution < 1.29 is 18.0 Å². The first kappa shape index (κ1) is 16.2. The van der Waals surface area contributed by atoms with E-state index in [1.165, 1.54) is 6.26 Å². The van der Waals surface area contributed by atoms with Crippen molar-refractivity contribution >= 4 is 5.91 Å². The number of likely N-dealkylation sites (N-methyl/N-ethyl adjacent to an activating group) is 1. The van der Waals surface area contributed by atoms with E-state index in [9.17, 15) is 13.6 Å². The van der Waals surface area contributed by atoms with E-state index in [-0.39, 0.29) is 18.0 Å². The fourth-order valence-electron chi connectivity index (χ4n) is 2.09. The summed E-state index contributed by atoms with van der Waals surface area (Å²) in [5.74, 6) is -0.557. The third-order valence-electron chi connectivity index (χ3n) is 3.50. The van der Waals surface area contributed by atoms with Gasteiger partial charge in [-0.2, -0.15) is 0 Å². The molecule has 0 saturated heterocycles. The molecule has 0 bridgehead atoms. The van der Waals surface area contributed by atoms with Gasteiger partial charge in [0, 0.05) is 11.6 Å². The van der Waals surface area contributed by atoms with Crippen LogP contribution in [-0.2, 0) is 11.3 Å². The summed E-state index contributed by atoms with van der Waals surface area (Å²) >= 11 is 0. The molecule has 4 nitrogen and oxygen atoms in total. The van der Waals surface area contributed by atoms with E-state index >= 15 is 0 Å². The second-order valence-electron chi connectivity index (χ2n) is 5.11. The molecule has 0 spiro atoms. The van der Waals surface area contributed by atoms with Crippen molar-refractivity contribution in [2.24, 2.45) is 0 Å². The van der Waals surface area contributed by atoms with Crippen molar-refractivity contribution in [1.29, 1.82) is 0 Å². The van der Waals surface area contributed by atoms with Crippen LogP contribution in [0.1, 0.15) is 24.3 Å². The van der Waals surface area contributed by atoms with Gasteiger partial charge in [-0.1, -0.05) is 0 Å². The van der Waals surface area contributed by atoms with Gasteiger partial charge in [0.05, 0.1) is 19.4 Å². The Hall–Kier alpha value is -2.21. The lowest BCUT2D eigenvalue weighted by Gasteiger charge is -2.24. The highest BCUT2D eigenvalue weighted by Crippen LogP contribution is 2.22. The first-order valence-corrected chi connectivity index (χ1v) is 6.91. The van der Waals surface area contributed by atoms with Crippen molar-refractivity contribution in [3.63, 3.8) is 0 Å². The predicted molar refractivity (Wildman–Crippen MR) is 78.0 cm³/mol. The molecule has 1 unspecified atom stereocenters. The lowest BCUT2D eigenvalue weighted by molar-refractivity contribution is -0.122. The number of nitrogens with zero attached hydrogens (tertiary/aromatic N) is 1. The van der Waals surface area contributed by atoms with E-state index in [0.29, 0.717) is 12.3 Å². The highest BCUT2D eigenvalue weighted by molar-refractivity contribution is 5.77. The molecule has 1 atom stereocenters. The van der Waals surface area contributed by atoms with Gasteiger partial charge in [0.15, 0.2) is 0 Å². The standard InChI is InChI=1S/C16H18F2N2O2/c1-11(14-8-12(17)5-6-15(14)18)20(2)10-16(21)19-9-13-4-3-7-22-13/h3-8,11H,9-10H2,1-2H3,(H,19,21). The quantitative estimate of drug-likeness (QED) is 0.892.